The molecule has 2 heterocycles. The van der Waals surface area contributed by atoms with Crippen LogP contribution < -0.4 is 16.4 Å². The number of aliphatic carboxylic acids is 1. The fourth-order valence-corrected chi connectivity index (χ4v) is 3.61. The third-order valence-electron chi connectivity index (χ3n) is 4.22. The Morgan fingerprint density at radius 3 is 2.48 bits per heavy atom. The van der Waals surface area contributed by atoms with Crippen LogP contribution in [0.2, 0.25) is 0 Å². The van der Waals surface area contributed by atoms with Gasteiger partial charge in [0.25, 0.3) is 5.56 Å². The van der Waals surface area contributed by atoms with Crippen LogP contribution in [0.25, 0.3) is 11.0 Å². The van der Waals surface area contributed by atoms with Gasteiger partial charge in [0.2, 0.25) is 0 Å². The van der Waals surface area contributed by atoms with Crippen LogP contribution in [0.1, 0.15) is 51.8 Å². The number of carboxylic acid groups (broad SMARTS) is 1. The average Bonchev–Trinajstić information content (AvgIpc) is 2.64. The van der Waals surface area contributed by atoms with Gasteiger partial charge in [-0.3, -0.25) is 13.9 Å². The van der Waals surface area contributed by atoms with Gasteiger partial charge in [0.1, 0.15) is 16.2 Å². The van der Waals surface area contributed by atoms with Gasteiger partial charge >= 0.3 is 5.69 Å². The number of rotatable bonds is 10. The molecule has 2 rings (SSSR count). The van der Waals surface area contributed by atoms with Crippen LogP contribution >= 0.6 is 11.8 Å². The Labute approximate surface area is 161 Å². The number of carbonyl (C=O) groups excluding carboxylic acids is 1. The molecule has 0 aliphatic carbocycles. The van der Waals surface area contributed by atoms with Crippen molar-refractivity contribution in [1.29, 1.82) is 0 Å². The fourth-order valence-electron chi connectivity index (χ4n) is 2.86. The molecule has 0 N–H and O–H groups in total. The highest BCUT2D eigenvalue weighted by Crippen LogP contribution is 2.23. The molecule has 27 heavy (non-hydrogen) atoms. The first kappa shape index (κ1) is 21.1. The van der Waals surface area contributed by atoms with Crippen LogP contribution in [0, 0.1) is 0 Å². The second-order valence-electron chi connectivity index (χ2n) is 6.41. The first-order valence-corrected chi connectivity index (χ1v) is 10.2. The van der Waals surface area contributed by atoms with E-state index in [9.17, 15) is 19.5 Å². The van der Waals surface area contributed by atoms with Crippen molar-refractivity contribution in [1.82, 2.24) is 19.1 Å². The van der Waals surface area contributed by atoms with Crippen LogP contribution in [0.4, 0.5) is 0 Å². The second kappa shape index (κ2) is 9.68. The van der Waals surface area contributed by atoms with E-state index in [4.69, 9.17) is 0 Å². The van der Waals surface area contributed by atoms with Crippen LogP contribution in [-0.4, -0.2) is 30.8 Å². The second-order valence-corrected chi connectivity index (χ2v) is 7.38. The van der Waals surface area contributed by atoms with Crippen molar-refractivity contribution in [3.8, 4) is 0 Å². The number of unbranched alkanes of at least 4 members (excludes halogenated alkanes) is 3. The summed E-state index contributed by atoms with van der Waals surface area (Å²) < 4.78 is 2.49. The van der Waals surface area contributed by atoms with Crippen molar-refractivity contribution in [3.05, 3.63) is 26.7 Å². The molecular formula is C18H25N4O4S-. The van der Waals surface area contributed by atoms with Gasteiger partial charge in [0.15, 0.2) is 5.65 Å². The predicted octanol–water partition coefficient (Wildman–Crippen LogP) is 0.865. The zero-order chi connectivity index (χ0) is 20.0. The van der Waals surface area contributed by atoms with E-state index in [2.05, 4.69) is 16.9 Å². The Balaban J connectivity index is 2.64. The number of thioether (sulfide) groups is 1. The molecule has 0 bridgehead atoms. The van der Waals surface area contributed by atoms with Gasteiger partial charge in [0.05, 0.1) is 5.97 Å². The molecule has 0 aliphatic heterocycles. The van der Waals surface area contributed by atoms with Crippen molar-refractivity contribution in [2.75, 3.05) is 5.75 Å². The minimum absolute atomic E-state index is 0.189. The maximum atomic E-state index is 12.7. The van der Waals surface area contributed by atoms with E-state index in [0.29, 0.717) is 30.2 Å². The minimum Gasteiger partial charge on any atom is -0.549 e. The smallest absolute Gasteiger partial charge is 0.332 e. The van der Waals surface area contributed by atoms with Crippen LogP contribution in [0.15, 0.2) is 14.6 Å². The zero-order valence-corrected chi connectivity index (χ0v) is 16.8. The summed E-state index contributed by atoms with van der Waals surface area (Å²) in [4.78, 5) is 45.0. The lowest BCUT2D eigenvalue weighted by atomic mass is 10.1. The summed E-state index contributed by atoms with van der Waals surface area (Å²) in [5, 5.41) is 11.4. The molecule has 0 radical (unpaired) electrons. The van der Waals surface area contributed by atoms with Crippen molar-refractivity contribution in [2.45, 2.75) is 63.9 Å². The first-order valence-electron chi connectivity index (χ1n) is 9.23. The van der Waals surface area contributed by atoms with Crippen molar-refractivity contribution >= 4 is 28.8 Å². The highest BCUT2D eigenvalue weighted by Gasteiger charge is 2.18. The maximum absolute atomic E-state index is 12.7. The third-order valence-corrected chi connectivity index (χ3v) is 5.17. The summed E-state index contributed by atoms with van der Waals surface area (Å²) >= 11 is 0.930. The summed E-state index contributed by atoms with van der Waals surface area (Å²) in [5.74, 6) is -1.04. The summed E-state index contributed by atoms with van der Waals surface area (Å²) in [6.07, 6.45) is 5.47. The van der Waals surface area contributed by atoms with Gasteiger partial charge in [-0.15, -0.1) is 0 Å². The molecule has 148 valence electrons. The fraction of sp³-hybridized carbons (Fsp3) is 0.611. The van der Waals surface area contributed by atoms with E-state index in [1.54, 1.807) is 0 Å². The molecule has 9 heteroatoms. The lowest BCUT2D eigenvalue weighted by Crippen LogP contribution is -2.39. The molecule has 0 amide bonds. The standard InChI is InChI=1S/C18H26N4O4S/c1-4-6-7-8-9-12-19-15-14(16(20-12)27-11-13(23)24)17(25)21(3)18(26)22(15)10-5-2/h4-11H2,1-3H3,(H,23,24)/p-1. The topological polar surface area (TPSA) is 110 Å². The highest BCUT2D eigenvalue weighted by atomic mass is 32.2. The Kier molecular flexibility index (Phi) is 7.58. The molecule has 8 nitrogen and oxygen atoms in total. The van der Waals surface area contributed by atoms with Gasteiger partial charge in [-0.1, -0.05) is 44.9 Å². The van der Waals surface area contributed by atoms with Gasteiger partial charge in [-0.05, 0) is 12.8 Å². The van der Waals surface area contributed by atoms with Crippen LogP contribution in [0.3, 0.4) is 0 Å². The molecule has 0 atom stereocenters. The summed E-state index contributed by atoms with van der Waals surface area (Å²) in [6, 6.07) is 0. The summed E-state index contributed by atoms with van der Waals surface area (Å²) in [7, 11) is 1.40. The molecular weight excluding hydrogens is 368 g/mol. The van der Waals surface area contributed by atoms with Crippen LogP contribution in [-0.2, 0) is 24.8 Å². The highest BCUT2D eigenvalue weighted by molar-refractivity contribution is 8.00. The molecule has 0 saturated carbocycles. The average molecular weight is 393 g/mol. The molecule has 0 aliphatic rings. The SMILES string of the molecule is CCCCCCc1nc(SCC(=O)[O-])c2c(=O)n(C)c(=O)n(CCC)c2n1. The lowest BCUT2D eigenvalue weighted by molar-refractivity contribution is -0.301. The Hall–Kier alpha value is -2.16. The minimum atomic E-state index is -1.24. The number of nitrogens with zero attached hydrogens (tertiary/aromatic N) is 4. The Morgan fingerprint density at radius 1 is 1.11 bits per heavy atom. The molecule has 0 saturated heterocycles. The monoisotopic (exact) mass is 393 g/mol. The van der Waals surface area contributed by atoms with Gasteiger partial charge < -0.3 is 9.90 Å². The number of aromatic nitrogens is 4. The number of hydrogen-bond donors (Lipinski definition) is 0. The molecule has 0 fully saturated rings. The van der Waals surface area contributed by atoms with E-state index in [1.165, 1.54) is 11.6 Å². The third kappa shape index (κ3) is 4.97. The van der Waals surface area contributed by atoms with E-state index in [-0.39, 0.29) is 16.8 Å². The van der Waals surface area contributed by atoms with Crippen LogP contribution in [0.5, 0.6) is 0 Å². The zero-order valence-electron chi connectivity index (χ0n) is 16.0. The number of fused-ring (bicyclic) bond motifs is 1. The first-order chi connectivity index (χ1) is 12.9. The van der Waals surface area contributed by atoms with E-state index < -0.39 is 17.2 Å². The van der Waals surface area contributed by atoms with E-state index in [0.717, 1.165) is 42.0 Å². The molecule has 2 aromatic rings. The molecule has 0 spiro atoms. The summed E-state index contributed by atoms with van der Waals surface area (Å²) in [6.45, 7) is 4.47. The maximum Gasteiger partial charge on any atom is 0.332 e. The van der Waals surface area contributed by atoms with Crippen molar-refractivity contribution in [2.24, 2.45) is 7.05 Å². The largest absolute Gasteiger partial charge is 0.549 e. The van der Waals surface area contributed by atoms with E-state index in [1.807, 2.05) is 6.92 Å². The normalized spacial score (nSPS) is 11.2. The number of carbonyl (C=O) groups is 1. The van der Waals surface area contributed by atoms with Gasteiger partial charge in [-0.2, -0.15) is 0 Å². The molecule has 0 unspecified atom stereocenters. The quantitative estimate of drug-likeness (QED) is 0.334. The molecule has 0 aromatic carbocycles. The van der Waals surface area contributed by atoms with Gasteiger partial charge in [0, 0.05) is 25.8 Å². The number of hydrogen-bond acceptors (Lipinski definition) is 7. The number of aryl methyl sites for hydroxylation is 2. The lowest BCUT2D eigenvalue weighted by Gasteiger charge is -2.14. The predicted molar refractivity (Wildman–Crippen MR) is 103 cm³/mol. The molecule has 2 aromatic heterocycles. The number of carboxylic acids is 1. The van der Waals surface area contributed by atoms with Gasteiger partial charge in [-0.25, -0.2) is 14.8 Å². The van der Waals surface area contributed by atoms with Crippen molar-refractivity contribution < 1.29 is 9.90 Å². The summed E-state index contributed by atoms with van der Waals surface area (Å²) in [5.41, 5.74) is -0.659. The Morgan fingerprint density at radius 2 is 1.85 bits per heavy atom. The Bertz CT molecular complexity index is 936. The van der Waals surface area contributed by atoms with Crippen molar-refractivity contribution in [3.63, 3.8) is 0 Å². The van der Waals surface area contributed by atoms with E-state index >= 15 is 0 Å².